The van der Waals surface area contributed by atoms with Gasteiger partial charge in [0.2, 0.25) is 0 Å². The summed E-state index contributed by atoms with van der Waals surface area (Å²) in [5.41, 5.74) is -1.43. The van der Waals surface area contributed by atoms with Gasteiger partial charge in [-0.3, -0.25) is 9.78 Å². The quantitative estimate of drug-likeness (QED) is 0.490. The number of pyridine rings is 1. The molecule has 0 atom stereocenters. The monoisotopic (exact) mass is 421 g/mol. The number of alkyl halides is 3. The number of aromatic nitrogens is 2. The average molecular weight is 421 g/mol. The van der Waals surface area contributed by atoms with Crippen LogP contribution in [0.3, 0.4) is 0 Å². The van der Waals surface area contributed by atoms with Crippen LogP contribution in [0, 0.1) is 13.8 Å². The lowest BCUT2D eigenvalue weighted by Gasteiger charge is -2.17. The number of anilines is 1. The van der Waals surface area contributed by atoms with E-state index in [4.69, 9.17) is 4.74 Å². The molecule has 6 nitrogen and oxygen atoms in total. The van der Waals surface area contributed by atoms with Crippen molar-refractivity contribution in [2.75, 3.05) is 5.32 Å². The van der Waals surface area contributed by atoms with Gasteiger partial charge < -0.3 is 10.1 Å². The first-order chi connectivity index (χ1) is 13.7. The Balaban J connectivity index is 2.00. The van der Waals surface area contributed by atoms with Crippen molar-refractivity contribution >= 4 is 28.9 Å². The fraction of sp³-hybridized carbons (Fsp3) is 0.158. The van der Waals surface area contributed by atoms with Crippen molar-refractivity contribution in [1.29, 1.82) is 0 Å². The highest BCUT2D eigenvalue weighted by atomic mass is 32.1. The Hall–Kier alpha value is -3.27. The van der Waals surface area contributed by atoms with Gasteiger partial charge in [-0.15, -0.1) is 11.3 Å². The third-order valence-electron chi connectivity index (χ3n) is 3.83. The lowest BCUT2D eigenvalue weighted by molar-refractivity contribution is -0.137. The number of esters is 1. The second-order valence-corrected chi connectivity index (χ2v) is 7.00. The Morgan fingerprint density at radius 3 is 2.52 bits per heavy atom. The molecule has 10 heteroatoms. The second kappa shape index (κ2) is 8.00. The first-order valence-corrected chi connectivity index (χ1v) is 9.12. The van der Waals surface area contributed by atoms with E-state index in [1.54, 1.807) is 26.0 Å². The van der Waals surface area contributed by atoms with Gasteiger partial charge in [0.1, 0.15) is 5.69 Å². The van der Waals surface area contributed by atoms with Crippen molar-refractivity contribution in [3.8, 4) is 5.75 Å². The minimum atomic E-state index is -4.79. The van der Waals surface area contributed by atoms with Crippen molar-refractivity contribution in [2.45, 2.75) is 20.0 Å². The molecule has 29 heavy (non-hydrogen) atoms. The number of thiazole rings is 1. The van der Waals surface area contributed by atoms with Gasteiger partial charge in [-0.2, -0.15) is 13.2 Å². The van der Waals surface area contributed by atoms with Gasteiger partial charge in [0.15, 0.2) is 11.4 Å². The molecule has 150 valence electrons. The first-order valence-electron chi connectivity index (χ1n) is 8.24. The van der Waals surface area contributed by atoms with Crippen molar-refractivity contribution < 1.29 is 27.5 Å². The van der Waals surface area contributed by atoms with Gasteiger partial charge in [-0.1, -0.05) is 12.1 Å². The van der Waals surface area contributed by atoms with Crippen LogP contribution in [0.4, 0.5) is 18.9 Å². The van der Waals surface area contributed by atoms with E-state index in [1.807, 2.05) is 0 Å². The molecule has 1 amide bonds. The van der Waals surface area contributed by atoms with Crippen LogP contribution >= 0.6 is 11.3 Å². The topological polar surface area (TPSA) is 81.2 Å². The number of para-hydroxylation sites is 1. The maximum atomic E-state index is 13.5. The highest BCUT2D eigenvalue weighted by Crippen LogP contribution is 2.40. The first kappa shape index (κ1) is 20.5. The number of halogens is 3. The average Bonchev–Trinajstić information content (AvgIpc) is 3.09. The summed E-state index contributed by atoms with van der Waals surface area (Å²) in [4.78, 5) is 32.6. The standard InChI is InChI=1S/C19H14F3N3O3S/c1-10-5-4-8-23-15(10)17(26)25-16-12(19(20,21)22)6-3-7-14(16)28-18(27)13-9-29-11(2)24-13/h3-9H,1-2H3,(H,25,26). The van der Waals surface area contributed by atoms with E-state index in [0.717, 1.165) is 18.2 Å². The van der Waals surface area contributed by atoms with Gasteiger partial charge in [0.25, 0.3) is 5.91 Å². The van der Waals surface area contributed by atoms with E-state index in [-0.39, 0.29) is 11.4 Å². The summed E-state index contributed by atoms with van der Waals surface area (Å²) in [5.74, 6) is -2.24. The van der Waals surface area contributed by atoms with Gasteiger partial charge >= 0.3 is 12.1 Å². The normalized spacial score (nSPS) is 11.2. The molecule has 1 N–H and O–H groups in total. The molecule has 0 unspecified atom stereocenters. The SMILES string of the molecule is Cc1nc(C(=O)Oc2cccc(C(F)(F)F)c2NC(=O)c2ncccc2C)cs1. The molecule has 2 heterocycles. The fourth-order valence-corrected chi connectivity index (χ4v) is 3.07. The van der Waals surface area contributed by atoms with Crippen LogP contribution in [0.2, 0.25) is 0 Å². The van der Waals surface area contributed by atoms with Gasteiger partial charge in [-0.25, -0.2) is 9.78 Å². The zero-order chi connectivity index (χ0) is 21.2. The van der Waals surface area contributed by atoms with E-state index in [1.165, 1.54) is 22.9 Å². The van der Waals surface area contributed by atoms with Crippen molar-refractivity contribution in [1.82, 2.24) is 9.97 Å². The lowest BCUT2D eigenvalue weighted by atomic mass is 10.1. The van der Waals surface area contributed by atoms with E-state index >= 15 is 0 Å². The molecule has 1 aromatic carbocycles. The Labute approximate surface area is 167 Å². The summed E-state index contributed by atoms with van der Waals surface area (Å²) >= 11 is 1.19. The molecule has 0 radical (unpaired) electrons. The largest absolute Gasteiger partial charge is 0.420 e. The minimum Gasteiger partial charge on any atom is -0.420 e. The molecule has 3 aromatic rings. The summed E-state index contributed by atoms with van der Waals surface area (Å²) in [6.07, 6.45) is -3.44. The smallest absolute Gasteiger partial charge is 0.418 e. The van der Waals surface area contributed by atoms with E-state index in [9.17, 15) is 22.8 Å². The Kier molecular flexibility index (Phi) is 5.64. The van der Waals surface area contributed by atoms with E-state index in [0.29, 0.717) is 10.6 Å². The summed E-state index contributed by atoms with van der Waals surface area (Å²) in [7, 11) is 0. The number of nitrogens with zero attached hydrogens (tertiary/aromatic N) is 2. The highest BCUT2D eigenvalue weighted by molar-refractivity contribution is 7.09. The predicted molar refractivity (Wildman–Crippen MR) is 100 cm³/mol. The third kappa shape index (κ3) is 4.60. The highest BCUT2D eigenvalue weighted by Gasteiger charge is 2.36. The molecule has 0 bridgehead atoms. The summed E-state index contributed by atoms with van der Waals surface area (Å²) in [6.45, 7) is 3.27. The van der Waals surface area contributed by atoms with Crippen molar-refractivity contribution in [3.63, 3.8) is 0 Å². The Bertz CT molecular complexity index is 1080. The number of amides is 1. The van der Waals surface area contributed by atoms with Gasteiger partial charge in [-0.05, 0) is 37.6 Å². The predicted octanol–water partition coefficient (Wildman–Crippen LogP) is 4.65. The zero-order valence-electron chi connectivity index (χ0n) is 15.2. The van der Waals surface area contributed by atoms with Crippen LogP contribution in [0.1, 0.15) is 37.1 Å². The van der Waals surface area contributed by atoms with E-state index in [2.05, 4.69) is 15.3 Å². The number of carbonyl (C=O) groups excluding carboxylic acids is 2. The maximum Gasteiger partial charge on any atom is 0.418 e. The molecule has 3 rings (SSSR count). The minimum absolute atomic E-state index is 0.0391. The van der Waals surface area contributed by atoms with Crippen LogP contribution in [0.25, 0.3) is 0 Å². The number of hydrogen-bond acceptors (Lipinski definition) is 6. The van der Waals surface area contributed by atoms with Crippen molar-refractivity contribution in [2.24, 2.45) is 0 Å². The number of nitrogens with one attached hydrogen (secondary N) is 1. The van der Waals surface area contributed by atoms with Crippen LogP contribution in [0.5, 0.6) is 5.75 Å². The third-order valence-corrected chi connectivity index (χ3v) is 4.60. The number of hydrogen-bond donors (Lipinski definition) is 1. The van der Waals surface area contributed by atoms with Crippen LogP contribution in [-0.4, -0.2) is 21.8 Å². The lowest BCUT2D eigenvalue weighted by Crippen LogP contribution is -2.20. The van der Waals surface area contributed by atoms with Crippen molar-refractivity contribution in [3.05, 3.63) is 69.4 Å². The molecule has 2 aromatic heterocycles. The molecule has 0 aliphatic carbocycles. The zero-order valence-corrected chi connectivity index (χ0v) is 16.0. The molecule has 0 aliphatic heterocycles. The van der Waals surface area contributed by atoms with Crippen LogP contribution in [-0.2, 0) is 6.18 Å². The maximum absolute atomic E-state index is 13.5. The van der Waals surface area contributed by atoms with E-state index < -0.39 is 35.1 Å². The summed E-state index contributed by atoms with van der Waals surface area (Å²) in [6, 6.07) is 6.22. The fourth-order valence-electron chi connectivity index (χ4n) is 2.49. The Morgan fingerprint density at radius 2 is 1.90 bits per heavy atom. The molecule has 0 aliphatic rings. The number of ether oxygens (including phenoxy) is 1. The Morgan fingerprint density at radius 1 is 1.14 bits per heavy atom. The van der Waals surface area contributed by atoms with Gasteiger partial charge in [0, 0.05) is 11.6 Å². The molecular formula is C19H14F3N3O3S. The number of benzene rings is 1. The molecular weight excluding hydrogens is 407 g/mol. The van der Waals surface area contributed by atoms with Gasteiger partial charge in [0.05, 0.1) is 16.3 Å². The molecule has 0 saturated heterocycles. The van der Waals surface area contributed by atoms with Crippen LogP contribution < -0.4 is 10.1 Å². The second-order valence-electron chi connectivity index (χ2n) is 5.94. The number of aryl methyl sites for hydroxylation is 2. The number of rotatable bonds is 4. The molecule has 0 saturated carbocycles. The molecule has 0 fully saturated rings. The number of carbonyl (C=O) groups is 2. The summed E-state index contributed by atoms with van der Waals surface area (Å²) < 4.78 is 45.6. The molecule has 0 spiro atoms. The summed E-state index contributed by atoms with van der Waals surface area (Å²) in [5, 5.41) is 4.22. The van der Waals surface area contributed by atoms with Crippen LogP contribution in [0.15, 0.2) is 41.9 Å².